The van der Waals surface area contributed by atoms with Crippen LogP contribution in [0, 0.1) is 17.8 Å². The average Bonchev–Trinajstić information content (AvgIpc) is 3.21. The Morgan fingerprint density at radius 2 is 1.52 bits per heavy atom. The first-order valence-electron chi connectivity index (χ1n) is 11.3. The quantitative estimate of drug-likeness (QED) is 0.526. The van der Waals surface area contributed by atoms with E-state index in [4.69, 9.17) is 9.31 Å². The Kier molecular flexibility index (Phi) is 5.46. The van der Waals surface area contributed by atoms with Crippen molar-refractivity contribution in [2.45, 2.75) is 96.1 Å². The first kappa shape index (κ1) is 19.5. The molecule has 2 saturated carbocycles. The lowest BCUT2D eigenvalue weighted by molar-refractivity contribution is 0.00578. The molecule has 4 rings (SSSR count). The molecule has 1 aromatic carbocycles. The molecule has 2 atom stereocenters. The fourth-order valence-electron chi connectivity index (χ4n) is 5.23. The van der Waals surface area contributed by atoms with Gasteiger partial charge in [-0.05, 0) is 69.7 Å². The van der Waals surface area contributed by atoms with Crippen molar-refractivity contribution in [2.24, 2.45) is 17.8 Å². The normalized spacial score (nSPS) is 27.0. The molecular weight excluding hydrogens is 331 g/mol. The molecule has 3 heteroatoms. The van der Waals surface area contributed by atoms with Crippen molar-refractivity contribution in [2.75, 3.05) is 0 Å². The smallest absolute Gasteiger partial charge is 0.403 e. The van der Waals surface area contributed by atoms with E-state index in [0.29, 0.717) is 11.7 Å². The summed E-state index contributed by atoms with van der Waals surface area (Å²) in [6.45, 7) is 8.79. The first-order chi connectivity index (χ1) is 12.9. The fourth-order valence-corrected chi connectivity index (χ4v) is 5.23. The van der Waals surface area contributed by atoms with Gasteiger partial charge in [-0.2, -0.15) is 0 Å². The van der Waals surface area contributed by atoms with E-state index in [1.54, 1.807) is 0 Å². The molecule has 0 N–H and O–H groups in total. The average molecular weight is 368 g/mol. The highest BCUT2D eigenvalue weighted by Gasteiger charge is 2.56. The summed E-state index contributed by atoms with van der Waals surface area (Å²) < 4.78 is 13.2. The molecule has 1 heterocycles. The zero-order valence-electron chi connectivity index (χ0n) is 17.7. The monoisotopic (exact) mass is 368 g/mol. The van der Waals surface area contributed by atoms with Crippen LogP contribution in [0.4, 0.5) is 0 Å². The molecule has 0 spiro atoms. The number of hydrogen-bond acceptors (Lipinski definition) is 2. The van der Waals surface area contributed by atoms with Crippen molar-refractivity contribution >= 4 is 7.12 Å². The topological polar surface area (TPSA) is 18.5 Å². The van der Waals surface area contributed by atoms with Crippen LogP contribution in [-0.4, -0.2) is 18.3 Å². The summed E-state index contributed by atoms with van der Waals surface area (Å²) in [6.07, 6.45) is 10.8. The SMILES string of the molecule is CC1(C)OB(C(CC2CC2)[C@H](Cc2ccccc2)C2CCCC2)OC1(C)C. The molecule has 148 valence electrons. The molecule has 2 aliphatic carbocycles. The van der Waals surface area contributed by atoms with Gasteiger partial charge in [-0.25, -0.2) is 0 Å². The lowest BCUT2D eigenvalue weighted by Crippen LogP contribution is -2.41. The number of hydrogen-bond donors (Lipinski definition) is 0. The Morgan fingerprint density at radius 3 is 2.07 bits per heavy atom. The number of rotatable bonds is 7. The van der Waals surface area contributed by atoms with Crippen LogP contribution >= 0.6 is 0 Å². The van der Waals surface area contributed by atoms with Crippen molar-refractivity contribution in [3.63, 3.8) is 0 Å². The molecule has 0 radical (unpaired) electrons. The molecule has 3 fully saturated rings. The zero-order chi connectivity index (χ0) is 19.1. The van der Waals surface area contributed by atoms with E-state index in [0.717, 1.165) is 11.8 Å². The van der Waals surface area contributed by atoms with Gasteiger partial charge in [0.25, 0.3) is 0 Å². The lowest BCUT2D eigenvalue weighted by Gasteiger charge is -2.33. The summed E-state index contributed by atoms with van der Waals surface area (Å²) >= 11 is 0. The molecular formula is C24H37BO2. The molecule has 0 aromatic heterocycles. The molecule has 1 aliphatic heterocycles. The fraction of sp³-hybridized carbons (Fsp3) is 0.750. The minimum atomic E-state index is -0.230. The Hall–Kier alpha value is -0.795. The summed E-state index contributed by atoms with van der Waals surface area (Å²) in [4.78, 5) is 0. The van der Waals surface area contributed by atoms with E-state index in [2.05, 4.69) is 58.0 Å². The Morgan fingerprint density at radius 1 is 0.926 bits per heavy atom. The minimum absolute atomic E-state index is 0.0510. The third-order valence-electron chi connectivity index (χ3n) is 7.79. The van der Waals surface area contributed by atoms with Gasteiger partial charge in [-0.1, -0.05) is 68.9 Å². The number of benzene rings is 1. The van der Waals surface area contributed by atoms with Crippen LogP contribution in [0.25, 0.3) is 0 Å². The van der Waals surface area contributed by atoms with Gasteiger partial charge >= 0.3 is 7.12 Å². The van der Waals surface area contributed by atoms with Crippen molar-refractivity contribution in [3.05, 3.63) is 35.9 Å². The molecule has 3 aliphatic rings. The van der Waals surface area contributed by atoms with Crippen molar-refractivity contribution in [1.82, 2.24) is 0 Å². The minimum Gasteiger partial charge on any atom is -0.403 e. The molecule has 2 nitrogen and oxygen atoms in total. The van der Waals surface area contributed by atoms with Gasteiger partial charge in [0.05, 0.1) is 11.2 Å². The van der Waals surface area contributed by atoms with Gasteiger partial charge in [0.2, 0.25) is 0 Å². The van der Waals surface area contributed by atoms with Gasteiger partial charge in [0, 0.05) is 0 Å². The summed E-state index contributed by atoms with van der Waals surface area (Å²) in [7, 11) is -0.0510. The third kappa shape index (κ3) is 4.30. The van der Waals surface area contributed by atoms with E-state index < -0.39 is 0 Å². The van der Waals surface area contributed by atoms with E-state index in [-0.39, 0.29) is 18.3 Å². The second-order valence-corrected chi connectivity index (χ2v) is 10.4. The lowest BCUT2D eigenvalue weighted by atomic mass is 9.58. The largest absolute Gasteiger partial charge is 0.461 e. The molecule has 0 amide bonds. The molecule has 1 saturated heterocycles. The van der Waals surface area contributed by atoms with Crippen molar-refractivity contribution in [1.29, 1.82) is 0 Å². The maximum atomic E-state index is 6.61. The molecule has 0 bridgehead atoms. The summed E-state index contributed by atoms with van der Waals surface area (Å²) in [5.74, 6) is 2.91. The highest BCUT2D eigenvalue weighted by molar-refractivity contribution is 6.47. The van der Waals surface area contributed by atoms with Gasteiger partial charge in [0.15, 0.2) is 0 Å². The maximum absolute atomic E-state index is 6.61. The highest BCUT2D eigenvalue weighted by Crippen LogP contribution is 2.51. The Labute approximate surface area is 166 Å². The van der Waals surface area contributed by atoms with Crippen molar-refractivity contribution < 1.29 is 9.31 Å². The second kappa shape index (κ2) is 7.56. The molecule has 1 unspecified atom stereocenters. The van der Waals surface area contributed by atoms with Crippen LogP contribution in [-0.2, 0) is 15.7 Å². The standard InChI is InChI=1S/C24H37BO2/c1-23(2)24(3,4)27-25(26-23)22(17-19-14-15-19)21(20-12-8-9-13-20)16-18-10-6-5-7-11-18/h5-7,10-11,19-22H,8-9,12-17H2,1-4H3/t21-,22?/m1/s1. The predicted molar refractivity (Wildman–Crippen MR) is 113 cm³/mol. The maximum Gasteiger partial charge on any atom is 0.461 e. The van der Waals surface area contributed by atoms with Crippen LogP contribution in [0.1, 0.15) is 78.2 Å². The first-order valence-corrected chi connectivity index (χ1v) is 11.3. The van der Waals surface area contributed by atoms with Gasteiger partial charge < -0.3 is 9.31 Å². The van der Waals surface area contributed by atoms with E-state index in [1.165, 1.54) is 56.9 Å². The van der Waals surface area contributed by atoms with E-state index in [9.17, 15) is 0 Å². The van der Waals surface area contributed by atoms with Gasteiger partial charge in [-0.3, -0.25) is 0 Å². The van der Waals surface area contributed by atoms with Crippen LogP contribution in [0.5, 0.6) is 0 Å². The van der Waals surface area contributed by atoms with Crippen LogP contribution in [0.3, 0.4) is 0 Å². The van der Waals surface area contributed by atoms with Gasteiger partial charge in [0.1, 0.15) is 0 Å². The zero-order valence-corrected chi connectivity index (χ0v) is 17.7. The molecule has 27 heavy (non-hydrogen) atoms. The Bertz CT molecular complexity index is 601. The molecule has 1 aromatic rings. The second-order valence-electron chi connectivity index (χ2n) is 10.4. The predicted octanol–water partition coefficient (Wildman–Crippen LogP) is 6.30. The van der Waals surface area contributed by atoms with E-state index >= 15 is 0 Å². The van der Waals surface area contributed by atoms with Crippen LogP contribution < -0.4 is 0 Å². The van der Waals surface area contributed by atoms with Crippen molar-refractivity contribution in [3.8, 4) is 0 Å². The highest BCUT2D eigenvalue weighted by atomic mass is 16.7. The summed E-state index contributed by atoms with van der Waals surface area (Å²) in [5, 5.41) is 0. The third-order valence-corrected chi connectivity index (χ3v) is 7.79. The van der Waals surface area contributed by atoms with E-state index in [1.807, 2.05) is 0 Å². The summed E-state index contributed by atoms with van der Waals surface area (Å²) in [5.41, 5.74) is 1.02. The Balaban J connectivity index is 1.60. The van der Waals surface area contributed by atoms with Crippen LogP contribution in [0.2, 0.25) is 5.82 Å². The summed E-state index contributed by atoms with van der Waals surface area (Å²) in [6, 6.07) is 11.1. The van der Waals surface area contributed by atoms with Gasteiger partial charge in [-0.15, -0.1) is 0 Å². The van der Waals surface area contributed by atoms with Crippen LogP contribution in [0.15, 0.2) is 30.3 Å².